The highest BCUT2D eigenvalue weighted by Crippen LogP contribution is 2.13. The van der Waals surface area contributed by atoms with Crippen molar-refractivity contribution in [3.05, 3.63) is 35.4 Å². The number of carboxylic acid groups (broad SMARTS) is 1. The summed E-state index contributed by atoms with van der Waals surface area (Å²) in [6.07, 6.45) is 3.21. The standard InChI is InChI=1S/C17H27NO2/c1-13(2)9-10-14(3)18(4)12-11-15-7-5-6-8-16(15)17(19)20/h5-8,13-14H,9-12H2,1-4H3,(H,19,20). The van der Waals surface area contributed by atoms with Gasteiger partial charge in [-0.2, -0.15) is 0 Å². The lowest BCUT2D eigenvalue weighted by atomic mass is 10.0. The summed E-state index contributed by atoms with van der Waals surface area (Å²) in [4.78, 5) is 13.5. The molecule has 1 aromatic carbocycles. The molecule has 0 fully saturated rings. The minimum absolute atomic E-state index is 0.427. The molecule has 0 heterocycles. The fourth-order valence-corrected chi connectivity index (χ4v) is 2.26. The second-order valence-corrected chi connectivity index (χ2v) is 6.01. The van der Waals surface area contributed by atoms with Gasteiger partial charge in [-0.3, -0.25) is 0 Å². The van der Waals surface area contributed by atoms with E-state index in [-0.39, 0.29) is 0 Å². The van der Waals surface area contributed by atoms with E-state index < -0.39 is 5.97 Å². The van der Waals surface area contributed by atoms with Crippen LogP contribution in [-0.2, 0) is 6.42 Å². The molecule has 0 spiro atoms. The predicted molar refractivity (Wildman–Crippen MR) is 83.3 cm³/mol. The maximum atomic E-state index is 11.2. The van der Waals surface area contributed by atoms with Gasteiger partial charge in [-0.25, -0.2) is 4.79 Å². The molecule has 1 N–H and O–H groups in total. The maximum absolute atomic E-state index is 11.2. The summed E-state index contributed by atoms with van der Waals surface area (Å²) in [6, 6.07) is 7.82. The zero-order valence-corrected chi connectivity index (χ0v) is 13.1. The molecule has 0 aromatic heterocycles. The van der Waals surface area contributed by atoms with E-state index in [1.807, 2.05) is 12.1 Å². The molecule has 3 heteroatoms. The van der Waals surface area contributed by atoms with Crippen molar-refractivity contribution in [2.75, 3.05) is 13.6 Å². The lowest BCUT2D eigenvalue weighted by molar-refractivity contribution is 0.0695. The molecule has 1 rings (SSSR count). The van der Waals surface area contributed by atoms with Crippen LogP contribution in [0.15, 0.2) is 24.3 Å². The van der Waals surface area contributed by atoms with Crippen molar-refractivity contribution in [3.8, 4) is 0 Å². The van der Waals surface area contributed by atoms with E-state index in [4.69, 9.17) is 0 Å². The SMILES string of the molecule is CC(C)CCC(C)N(C)CCc1ccccc1C(=O)O. The van der Waals surface area contributed by atoms with Crippen molar-refractivity contribution < 1.29 is 9.90 Å². The normalized spacial score (nSPS) is 12.9. The van der Waals surface area contributed by atoms with E-state index in [0.717, 1.165) is 24.4 Å². The van der Waals surface area contributed by atoms with Crippen LogP contribution in [0.5, 0.6) is 0 Å². The van der Waals surface area contributed by atoms with Crippen molar-refractivity contribution in [2.45, 2.75) is 46.1 Å². The Labute approximate surface area is 122 Å². The molecule has 0 radical (unpaired) electrons. The number of benzene rings is 1. The second kappa shape index (κ2) is 8.05. The smallest absolute Gasteiger partial charge is 0.335 e. The molecule has 0 bridgehead atoms. The van der Waals surface area contributed by atoms with E-state index in [0.29, 0.717) is 11.6 Å². The number of hydrogen-bond donors (Lipinski definition) is 1. The summed E-state index contributed by atoms with van der Waals surface area (Å²) >= 11 is 0. The van der Waals surface area contributed by atoms with Crippen molar-refractivity contribution in [2.24, 2.45) is 5.92 Å². The predicted octanol–water partition coefficient (Wildman–Crippen LogP) is 3.68. The van der Waals surface area contributed by atoms with Crippen molar-refractivity contribution >= 4 is 5.97 Å². The first-order valence-corrected chi connectivity index (χ1v) is 7.43. The zero-order chi connectivity index (χ0) is 15.1. The molecule has 0 aliphatic heterocycles. The lowest BCUT2D eigenvalue weighted by Crippen LogP contribution is -2.31. The first kappa shape index (κ1) is 16.7. The number of likely N-dealkylation sites (N-methyl/N-ethyl adjacent to an activating group) is 1. The van der Waals surface area contributed by atoms with Gasteiger partial charge in [0.25, 0.3) is 0 Å². The summed E-state index contributed by atoms with van der Waals surface area (Å²) in [6.45, 7) is 7.63. The van der Waals surface area contributed by atoms with Crippen LogP contribution >= 0.6 is 0 Å². The number of aromatic carboxylic acids is 1. The van der Waals surface area contributed by atoms with E-state index in [1.54, 1.807) is 12.1 Å². The molecule has 0 aliphatic carbocycles. The van der Waals surface area contributed by atoms with E-state index in [2.05, 4.69) is 32.7 Å². The highest BCUT2D eigenvalue weighted by Gasteiger charge is 2.13. The third kappa shape index (κ3) is 5.33. The van der Waals surface area contributed by atoms with Crippen LogP contribution in [-0.4, -0.2) is 35.6 Å². The second-order valence-electron chi connectivity index (χ2n) is 6.01. The van der Waals surface area contributed by atoms with Crippen LogP contribution in [0.4, 0.5) is 0 Å². The molecule has 0 saturated heterocycles. The summed E-state index contributed by atoms with van der Waals surface area (Å²) < 4.78 is 0. The van der Waals surface area contributed by atoms with Gasteiger partial charge in [-0.1, -0.05) is 32.0 Å². The Hall–Kier alpha value is -1.35. The Balaban J connectivity index is 2.52. The molecule has 1 aromatic rings. The number of carboxylic acids is 1. The average Bonchev–Trinajstić information content (AvgIpc) is 2.42. The third-order valence-corrected chi connectivity index (χ3v) is 3.90. The molecular weight excluding hydrogens is 250 g/mol. The van der Waals surface area contributed by atoms with Crippen molar-refractivity contribution in [3.63, 3.8) is 0 Å². The van der Waals surface area contributed by atoms with Gasteiger partial charge in [0, 0.05) is 12.6 Å². The summed E-state index contributed by atoms with van der Waals surface area (Å²) in [5.74, 6) is -0.102. The lowest BCUT2D eigenvalue weighted by Gasteiger charge is -2.25. The molecular formula is C17H27NO2. The van der Waals surface area contributed by atoms with Gasteiger partial charge in [0.1, 0.15) is 0 Å². The molecule has 1 atom stereocenters. The van der Waals surface area contributed by atoms with Crippen LogP contribution in [0.3, 0.4) is 0 Å². The molecule has 112 valence electrons. The number of hydrogen-bond acceptors (Lipinski definition) is 2. The van der Waals surface area contributed by atoms with Gasteiger partial charge < -0.3 is 10.0 Å². The van der Waals surface area contributed by atoms with Crippen LogP contribution in [0, 0.1) is 5.92 Å². The maximum Gasteiger partial charge on any atom is 0.335 e. The Kier molecular flexibility index (Phi) is 6.73. The molecule has 0 amide bonds. The minimum Gasteiger partial charge on any atom is -0.478 e. The van der Waals surface area contributed by atoms with Gasteiger partial charge in [0.2, 0.25) is 0 Å². The number of nitrogens with zero attached hydrogens (tertiary/aromatic N) is 1. The fraction of sp³-hybridized carbons (Fsp3) is 0.588. The highest BCUT2D eigenvalue weighted by molar-refractivity contribution is 5.89. The van der Waals surface area contributed by atoms with Crippen LogP contribution < -0.4 is 0 Å². The third-order valence-electron chi connectivity index (χ3n) is 3.90. The summed E-state index contributed by atoms with van der Waals surface area (Å²) in [7, 11) is 2.12. The van der Waals surface area contributed by atoms with Crippen molar-refractivity contribution in [1.82, 2.24) is 4.90 Å². The van der Waals surface area contributed by atoms with E-state index in [1.165, 1.54) is 12.8 Å². The summed E-state index contributed by atoms with van der Waals surface area (Å²) in [5.41, 5.74) is 1.35. The molecule has 20 heavy (non-hydrogen) atoms. The Morgan fingerprint density at radius 1 is 1.20 bits per heavy atom. The van der Waals surface area contributed by atoms with Crippen LogP contribution in [0.25, 0.3) is 0 Å². The monoisotopic (exact) mass is 277 g/mol. The topological polar surface area (TPSA) is 40.5 Å². The van der Waals surface area contributed by atoms with Crippen molar-refractivity contribution in [1.29, 1.82) is 0 Å². The summed E-state index contributed by atoms with van der Waals surface area (Å²) in [5, 5.41) is 9.17. The van der Waals surface area contributed by atoms with Gasteiger partial charge in [0.15, 0.2) is 0 Å². The van der Waals surface area contributed by atoms with E-state index >= 15 is 0 Å². The highest BCUT2D eigenvalue weighted by atomic mass is 16.4. The van der Waals surface area contributed by atoms with Gasteiger partial charge in [-0.05, 0) is 50.8 Å². The molecule has 0 aliphatic rings. The quantitative estimate of drug-likeness (QED) is 0.788. The molecule has 3 nitrogen and oxygen atoms in total. The Bertz CT molecular complexity index is 429. The zero-order valence-electron chi connectivity index (χ0n) is 13.1. The van der Waals surface area contributed by atoms with Crippen LogP contribution in [0.2, 0.25) is 0 Å². The van der Waals surface area contributed by atoms with Gasteiger partial charge in [0.05, 0.1) is 5.56 Å². The Morgan fingerprint density at radius 3 is 2.45 bits per heavy atom. The van der Waals surface area contributed by atoms with E-state index in [9.17, 15) is 9.90 Å². The molecule has 1 unspecified atom stereocenters. The number of rotatable bonds is 8. The number of carbonyl (C=O) groups is 1. The molecule has 0 saturated carbocycles. The van der Waals surface area contributed by atoms with Gasteiger partial charge in [-0.15, -0.1) is 0 Å². The fourth-order valence-electron chi connectivity index (χ4n) is 2.26. The average molecular weight is 277 g/mol. The first-order chi connectivity index (χ1) is 9.41. The first-order valence-electron chi connectivity index (χ1n) is 7.43. The Morgan fingerprint density at radius 2 is 1.85 bits per heavy atom. The van der Waals surface area contributed by atoms with Crippen LogP contribution in [0.1, 0.15) is 49.5 Å². The minimum atomic E-state index is -0.837. The van der Waals surface area contributed by atoms with Gasteiger partial charge >= 0.3 is 5.97 Å². The largest absolute Gasteiger partial charge is 0.478 e.